The van der Waals surface area contributed by atoms with E-state index < -0.39 is 82.5 Å². The average molecular weight is 694 g/mol. The first kappa shape index (κ1) is 30.6. The van der Waals surface area contributed by atoms with Crippen molar-refractivity contribution in [2.45, 2.75) is 49.2 Å². The number of nitrogens with zero attached hydrogens (tertiary/aromatic N) is 7. The molecule has 3 fully saturated rings. The number of nitrogen functional groups attached to an aromatic ring is 2. The summed E-state index contributed by atoms with van der Waals surface area (Å²) in [6.45, 7) is -6.06. The van der Waals surface area contributed by atoms with E-state index >= 15 is 8.78 Å². The van der Waals surface area contributed by atoms with Crippen LogP contribution in [0.1, 0.15) is 12.5 Å². The van der Waals surface area contributed by atoms with Crippen molar-refractivity contribution < 1.29 is 50.7 Å². The monoisotopic (exact) mass is 694 g/mol. The number of rotatable bonds is 2. The van der Waals surface area contributed by atoms with E-state index in [0.717, 1.165) is 17.2 Å². The van der Waals surface area contributed by atoms with E-state index in [1.807, 2.05) is 0 Å². The van der Waals surface area contributed by atoms with Crippen molar-refractivity contribution >= 4 is 60.4 Å². The van der Waals surface area contributed by atoms with Crippen molar-refractivity contribution in [2.75, 3.05) is 24.7 Å². The number of phosphoric ester groups is 1. The van der Waals surface area contributed by atoms with Crippen LogP contribution in [0.15, 0.2) is 23.8 Å². The van der Waals surface area contributed by atoms with Gasteiger partial charge in [0.1, 0.15) is 36.3 Å². The zero-order valence-electron chi connectivity index (χ0n) is 22.3. The Morgan fingerprint density at radius 2 is 1.60 bits per heavy atom. The zero-order valence-corrected chi connectivity index (χ0v) is 24.9. The number of imidazole rings is 2. The third-order valence-corrected chi connectivity index (χ3v) is 9.78. The minimum atomic E-state index is -5.15. The molecule has 3 aliphatic heterocycles. The molecular weight excluding hydrogens is 672 g/mol. The number of aromatic amines is 1. The summed E-state index contributed by atoms with van der Waals surface area (Å²) < 4.78 is 79.6. The molecule has 0 spiro atoms. The Bertz CT molecular complexity index is 1950. The summed E-state index contributed by atoms with van der Waals surface area (Å²) in [7, 11) is -5.15. The van der Waals surface area contributed by atoms with Crippen LogP contribution in [-0.4, -0.2) is 98.8 Å². The molecule has 4 aromatic heterocycles. The summed E-state index contributed by atoms with van der Waals surface area (Å²) in [5, 5.41) is 0. The molecule has 0 amide bonds. The minimum absolute atomic E-state index is 0.0109. The maximum Gasteiger partial charge on any atom is 0.472 e. The Morgan fingerprint density at radius 1 is 0.911 bits per heavy atom. The largest absolute Gasteiger partial charge is 0.472 e. The van der Waals surface area contributed by atoms with Gasteiger partial charge in [0.25, 0.3) is 5.56 Å². The molecule has 0 aliphatic carbocycles. The van der Waals surface area contributed by atoms with Crippen molar-refractivity contribution in [1.29, 1.82) is 0 Å². The van der Waals surface area contributed by atoms with Gasteiger partial charge in [-0.2, -0.15) is 4.98 Å². The van der Waals surface area contributed by atoms with Gasteiger partial charge in [-0.1, -0.05) is 0 Å². The predicted molar refractivity (Wildman–Crippen MR) is 148 cm³/mol. The quantitative estimate of drug-likeness (QED) is 0.169. The molecular formula is C20H22F2N10O10P2S. The molecule has 0 radical (unpaired) electrons. The van der Waals surface area contributed by atoms with E-state index in [-0.39, 0.29) is 34.1 Å². The fraction of sp³-hybridized carbons (Fsp3) is 0.500. The second kappa shape index (κ2) is 11.0. The van der Waals surface area contributed by atoms with E-state index in [0.29, 0.717) is 0 Å². The molecule has 7 heterocycles. The molecule has 3 saturated heterocycles. The summed E-state index contributed by atoms with van der Waals surface area (Å²) >= 11 is 5.13. The molecule has 4 aromatic rings. The molecule has 20 nitrogen and oxygen atoms in total. The molecule has 7 rings (SSSR count). The summed E-state index contributed by atoms with van der Waals surface area (Å²) in [6, 6.07) is 0. The highest BCUT2D eigenvalue weighted by Gasteiger charge is 2.54. The Balaban J connectivity index is 1.21. The Kier molecular flexibility index (Phi) is 7.49. The molecule has 3 aliphatic rings. The lowest BCUT2D eigenvalue weighted by Crippen LogP contribution is -2.34. The maximum atomic E-state index is 15.9. The molecule has 0 aromatic carbocycles. The van der Waals surface area contributed by atoms with Gasteiger partial charge < -0.3 is 35.3 Å². The molecule has 2 bridgehead atoms. The lowest BCUT2D eigenvalue weighted by Gasteiger charge is -2.27. The van der Waals surface area contributed by atoms with Crippen LogP contribution in [0.2, 0.25) is 0 Å². The number of fused-ring (bicyclic) bond motifs is 5. The van der Waals surface area contributed by atoms with Crippen LogP contribution in [0.4, 0.5) is 20.5 Å². The smallest absolute Gasteiger partial charge is 0.382 e. The highest BCUT2D eigenvalue weighted by Crippen LogP contribution is 2.54. The summed E-state index contributed by atoms with van der Waals surface area (Å²) in [5.74, 6) is -0.274. The number of ether oxygens (including phenoxy) is 2. The van der Waals surface area contributed by atoms with Crippen LogP contribution in [0.3, 0.4) is 0 Å². The molecule has 25 heteroatoms. The maximum absolute atomic E-state index is 15.9. The van der Waals surface area contributed by atoms with Gasteiger partial charge in [-0.15, -0.1) is 0 Å². The fourth-order valence-corrected chi connectivity index (χ4v) is 7.59. The number of halogens is 2. The van der Waals surface area contributed by atoms with Gasteiger partial charge >= 0.3 is 14.5 Å². The predicted octanol–water partition coefficient (Wildman–Crippen LogP) is -0.271. The molecule has 10 atom stereocenters. The zero-order chi connectivity index (χ0) is 31.8. The van der Waals surface area contributed by atoms with Crippen LogP contribution in [-0.2, 0) is 43.9 Å². The van der Waals surface area contributed by atoms with Crippen molar-refractivity contribution in [3.63, 3.8) is 0 Å². The van der Waals surface area contributed by atoms with Gasteiger partial charge in [-0.3, -0.25) is 32.5 Å². The molecule has 242 valence electrons. The van der Waals surface area contributed by atoms with E-state index in [9.17, 15) is 19.1 Å². The third-order valence-electron chi connectivity index (χ3n) is 7.23. The first-order valence-corrected chi connectivity index (χ1v) is 17.0. The number of hydrogen-bond donors (Lipinski definition) is 5. The van der Waals surface area contributed by atoms with Crippen LogP contribution < -0.4 is 17.0 Å². The van der Waals surface area contributed by atoms with Gasteiger partial charge in [0.2, 0.25) is 5.95 Å². The standard InChI is InChI=1S/C20H22F2N10O10P2S/c21-8-6-1-37-43(34,35)41-12-7(40-18(9(12)22)31-4-27-10-14(23)25-3-26-15(10)31)2-38-44(36,45)42-13(8)19(39-6)32-5-28-11-16(32)29-20(24)30-17(11)33/h3-9,12-13,18-19H,1-2H2,(H,34,35)(H,36,45)(H2,23,25,26)(H3,24,29,30,33)/t6-,7?,8-,9+,12-,13-,18-,19-,44?/m1/s1. The number of hydrogen-bond acceptors (Lipinski definition) is 16. The van der Waals surface area contributed by atoms with Crippen LogP contribution in [0.25, 0.3) is 22.3 Å². The highest BCUT2D eigenvalue weighted by molar-refractivity contribution is 8.07. The van der Waals surface area contributed by atoms with Gasteiger partial charge in [0, 0.05) is 0 Å². The SMILES string of the molecule is Nc1nc2c(ncn2[C@@H]2O[C@@H]3COP(=O)(O)O[C@@H]4C(COP(O)(=S)O[C@@H]2[C@@H]3F)O[C@@H](n2cnc3c(N)ncnc32)[C@H]4F)c(=O)[nH]1. The van der Waals surface area contributed by atoms with E-state index in [1.54, 1.807) is 0 Å². The van der Waals surface area contributed by atoms with Gasteiger partial charge in [-0.05, 0) is 11.8 Å². The van der Waals surface area contributed by atoms with Gasteiger partial charge in [-0.25, -0.2) is 33.3 Å². The van der Waals surface area contributed by atoms with Crippen molar-refractivity contribution in [2.24, 2.45) is 0 Å². The van der Waals surface area contributed by atoms with Crippen LogP contribution in [0, 0.1) is 0 Å². The number of nitrogens with two attached hydrogens (primary N) is 2. The first-order chi connectivity index (χ1) is 21.3. The third kappa shape index (κ3) is 5.42. The normalized spacial score (nSPS) is 37.7. The number of anilines is 2. The minimum Gasteiger partial charge on any atom is -0.382 e. The Morgan fingerprint density at radius 3 is 2.38 bits per heavy atom. The molecule has 7 N–H and O–H groups in total. The topological polar surface area (TPSA) is 272 Å². The molecule has 0 saturated carbocycles. The molecule has 3 unspecified atom stereocenters. The lowest BCUT2D eigenvalue weighted by molar-refractivity contribution is -0.0630. The second-order valence-corrected chi connectivity index (χ2v) is 14.2. The van der Waals surface area contributed by atoms with Crippen molar-refractivity contribution in [1.82, 2.24) is 39.0 Å². The van der Waals surface area contributed by atoms with Crippen molar-refractivity contribution in [3.05, 3.63) is 29.3 Å². The summed E-state index contributed by atoms with van der Waals surface area (Å²) in [5.41, 5.74) is 10.7. The lowest BCUT2D eigenvalue weighted by atomic mass is 10.1. The van der Waals surface area contributed by atoms with Gasteiger partial charge in [0.15, 0.2) is 47.4 Å². The van der Waals surface area contributed by atoms with E-state index in [2.05, 4.69) is 29.9 Å². The highest BCUT2D eigenvalue weighted by atomic mass is 32.5. The Labute approximate surface area is 253 Å². The summed E-state index contributed by atoms with van der Waals surface area (Å²) in [6.07, 6.45) is -10.7. The average Bonchev–Trinajstić information content (AvgIpc) is 3.72. The number of nitrogens with one attached hydrogen (secondary N) is 1. The van der Waals surface area contributed by atoms with Crippen LogP contribution in [0.5, 0.6) is 0 Å². The molecule has 45 heavy (non-hydrogen) atoms. The number of phosphoric acid groups is 1. The number of aromatic nitrogens is 8. The van der Waals surface area contributed by atoms with Crippen molar-refractivity contribution in [3.8, 4) is 0 Å². The van der Waals surface area contributed by atoms with Gasteiger partial charge in [0.05, 0.1) is 25.9 Å². The fourth-order valence-electron chi connectivity index (χ4n) is 5.23. The second-order valence-electron chi connectivity index (χ2n) is 10.0. The van der Waals surface area contributed by atoms with E-state index in [4.69, 9.17) is 50.8 Å². The number of H-pyrrole nitrogens is 1. The first-order valence-electron chi connectivity index (χ1n) is 12.9. The van der Waals surface area contributed by atoms with Crippen LogP contribution >= 0.6 is 14.5 Å². The van der Waals surface area contributed by atoms with E-state index in [1.165, 1.54) is 10.9 Å². The Hall–Kier alpha value is -3.08. The number of alkyl halides is 2. The summed E-state index contributed by atoms with van der Waals surface area (Å²) in [4.78, 5) is 55.9.